The maximum atomic E-state index is 13.0. The van der Waals surface area contributed by atoms with Crippen molar-refractivity contribution >= 4 is 11.9 Å². The number of benzene rings is 1. The van der Waals surface area contributed by atoms with Gasteiger partial charge >= 0.3 is 17.6 Å². The van der Waals surface area contributed by atoms with E-state index in [0.29, 0.717) is 5.56 Å². The lowest BCUT2D eigenvalue weighted by molar-refractivity contribution is -0.156. The molecular formula is C21H24N2O10. The Kier molecular flexibility index (Phi) is 6.89. The van der Waals surface area contributed by atoms with Crippen LogP contribution >= 0.6 is 0 Å². The number of aromatic hydroxyl groups is 1. The molecule has 0 aliphatic carbocycles. The Balaban J connectivity index is 2.02. The minimum atomic E-state index is -1.32. The molecular weight excluding hydrogens is 440 g/mol. The second kappa shape index (κ2) is 9.46. The molecule has 0 bridgehead atoms. The quantitative estimate of drug-likeness (QED) is 0.540. The SMILES string of the molecule is COc1cc(O)cc(C)c1C(=O)O[C@H]1[C@@H](OC(C)=O)[C@H](n2ccc(=O)n(C)c2=O)O[C@@H]1CO. The third-order valence-corrected chi connectivity index (χ3v) is 5.21. The van der Waals surface area contributed by atoms with Crippen LogP contribution in [0.3, 0.4) is 0 Å². The molecule has 1 aromatic heterocycles. The van der Waals surface area contributed by atoms with Gasteiger partial charge in [-0.25, -0.2) is 9.59 Å². The number of ether oxygens (including phenoxy) is 4. The summed E-state index contributed by atoms with van der Waals surface area (Å²) in [5.41, 5.74) is -0.957. The number of methoxy groups -OCH3 is 1. The molecule has 1 aromatic carbocycles. The van der Waals surface area contributed by atoms with Gasteiger partial charge < -0.3 is 29.2 Å². The van der Waals surface area contributed by atoms with Crippen molar-refractivity contribution in [3.63, 3.8) is 0 Å². The Morgan fingerprint density at radius 1 is 1.18 bits per heavy atom. The van der Waals surface area contributed by atoms with E-state index in [-0.39, 0.29) is 17.1 Å². The summed E-state index contributed by atoms with van der Waals surface area (Å²) in [7, 11) is 2.57. The number of aromatic nitrogens is 2. The molecule has 2 N–H and O–H groups in total. The molecule has 12 nitrogen and oxygen atoms in total. The van der Waals surface area contributed by atoms with Crippen LogP contribution in [0, 0.1) is 6.92 Å². The van der Waals surface area contributed by atoms with E-state index in [1.54, 1.807) is 6.92 Å². The molecule has 178 valence electrons. The lowest BCUT2D eigenvalue weighted by atomic mass is 10.1. The van der Waals surface area contributed by atoms with E-state index in [0.717, 1.165) is 28.3 Å². The van der Waals surface area contributed by atoms with Gasteiger partial charge in [-0.05, 0) is 18.6 Å². The Bertz CT molecular complexity index is 1180. The minimum Gasteiger partial charge on any atom is -0.508 e. The van der Waals surface area contributed by atoms with Crippen molar-refractivity contribution in [2.75, 3.05) is 13.7 Å². The van der Waals surface area contributed by atoms with Gasteiger partial charge in [-0.3, -0.25) is 18.7 Å². The first kappa shape index (κ1) is 24.0. The highest BCUT2D eigenvalue weighted by molar-refractivity contribution is 5.94. The second-order valence-electron chi connectivity index (χ2n) is 7.43. The number of hydrogen-bond acceptors (Lipinski definition) is 10. The molecule has 3 rings (SSSR count). The van der Waals surface area contributed by atoms with Gasteiger partial charge in [0, 0.05) is 32.3 Å². The lowest BCUT2D eigenvalue weighted by Crippen LogP contribution is -2.44. The van der Waals surface area contributed by atoms with Gasteiger partial charge in [-0.2, -0.15) is 0 Å². The molecule has 12 heteroatoms. The predicted octanol–water partition coefficient (Wildman–Crippen LogP) is -0.383. The van der Waals surface area contributed by atoms with Crippen molar-refractivity contribution in [1.82, 2.24) is 9.13 Å². The van der Waals surface area contributed by atoms with E-state index < -0.39 is 54.3 Å². The van der Waals surface area contributed by atoms with Gasteiger partial charge in [-0.1, -0.05) is 0 Å². The number of carbonyl (C=O) groups excluding carboxylic acids is 2. The highest BCUT2D eigenvalue weighted by Gasteiger charge is 2.50. The van der Waals surface area contributed by atoms with E-state index in [9.17, 15) is 29.4 Å². The van der Waals surface area contributed by atoms with Crippen LogP contribution in [0.15, 0.2) is 34.0 Å². The second-order valence-corrected chi connectivity index (χ2v) is 7.43. The Hall–Kier alpha value is -3.64. The van der Waals surface area contributed by atoms with Crippen LogP contribution in [0.25, 0.3) is 0 Å². The van der Waals surface area contributed by atoms with E-state index >= 15 is 0 Å². The highest BCUT2D eigenvalue weighted by atomic mass is 16.6. The van der Waals surface area contributed by atoms with Crippen molar-refractivity contribution < 1.29 is 38.7 Å². The third kappa shape index (κ3) is 4.61. The summed E-state index contributed by atoms with van der Waals surface area (Å²) in [6.45, 7) is 2.06. The number of hydrogen-bond donors (Lipinski definition) is 2. The van der Waals surface area contributed by atoms with Crippen LogP contribution < -0.4 is 16.0 Å². The smallest absolute Gasteiger partial charge is 0.342 e. The number of nitrogens with zero attached hydrogens (tertiary/aromatic N) is 2. The molecule has 0 unspecified atom stereocenters. The standard InChI is InChI=1S/C21H24N2O10/c1-10-7-12(26)8-13(30-4)16(10)20(28)33-17-14(9-24)32-19(18(17)31-11(2)25)23-6-5-15(27)22(3)21(23)29/h5-8,14,17-19,24,26H,9H2,1-4H3/t14-,17-,18-,19-/m1/s1. The number of aryl methyl sites for hydroxylation is 1. The maximum Gasteiger partial charge on any atom is 0.342 e. The van der Waals surface area contributed by atoms with Crippen molar-refractivity contribution in [2.45, 2.75) is 38.4 Å². The van der Waals surface area contributed by atoms with E-state index in [1.165, 1.54) is 26.3 Å². The first-order valence-electron chi connectivity index (χ1n) is 9.89. The molecule has 2 heterocycles. The normalized spacial score (nSPS) is 22.1. The third-order valence-electron chi connectivity index (χ3n) is 5.21. The van der Waals surface area contributed by atoms with Gasteiger partial charge in [0.1, 0.15) is 23.2 Å². The summed E-state index contributed by atoms with van der Waals surface area (Å²) in [6.07, 6.45) is -3.90. The van der Waals surface area contributed by atoms with E-state index in [4.69, 9.17) is 18.9 Å². The fourth-order valence-electron chi connectivity index (χ4n) is 3.66. The fraction of sp³-hybridized carbons (Fsp3) is 0.429. The van der Waals surface area contributed by atoms with Crippen molar-refractivity contribution in [3.8, 4) is 11.5 Å². The van der Waals surface area contributed by atoms with E-state index in [1.807, 2.05) is 0 Å². The molecule has 33 heavy (non-hydrogen) atoms. The molecule has 1 aliphatic heterocycles. The van der Waals surface area contributed by atoms with Crippen LogP contribution in [0.4, 0.5) is 0 Å². The number of phenolic OH excluding ortho intramolecular Hbond substituents is 1. The largest absolute Gasteiger partial charge is 0.508 e. The molecule has 1 aliphatic rings. The number of phenols is 1. The monoisotopic (exact) mass is 464 g/mol. The van der Waals surface area contributed by atoms with Crippen LogP contribution in [-0.2, 0) is 26.1 Å². The molecule has 0 amide bonds. The Morgan fingerprint density at radius 2 is 1.88 bits per heavy atom. The van der Waals surface area contributed by atoms with Gasteiger partial charge in [-0.15, -0.1) is 0 Å². The minimum absolute atomic E-state index is 0.0105. The summed E-state index contributed by atoms with van der Waals surface area (Å²) in [5.74, 6) is -1.71. The molecule has 4 atom stereocenters. The summed E-state index contributed by atoms with van der Waals surface area (Å²) in [4.78, 5) is 49.2. The summed E-state index contributed by atoms with van der Waals surface area (Å²) < 4.78 is 23.6. The Morgan fingerprint density at radius 3 is 2.48 bits per heavy atom. The lowest BCUT2D eigenvalue weighted by Gasteiger charge is -2.25. The summed E-state index contributed by atoms with van der Waals surface area (Å²) >= 11 is 0. The van der Waals surface area contributed by atoms with Crippen molar-refractivity contribution in [1.29, 1.82) is 0 Å². The molecule has 0 saturated carbocycles. The topological polar surface area (TPSA) is 156 Å². The van der Waals surface area contributed by atoms with Gasteiger partial charge in [0.25, 0.3) is 5.56 Å². The average Bonchev–Trinajstić information content (AvgIpc) is 3.07. The zero-order chi connectivity index (χ0) is 24.4. The zero-order valence-electron chi connectivity index (χ0n) is 18.4. The molecule has 2 aromatic rings. The zero-order valence-corrected chi connectivity index (χ0v) is 18.4. The molecule has 0 spiro atoms. The first-order chi connectivity index (χ1) is 15.6. The van der Waals surface area contributed by atoms with Crippen LogP contribution in [0.5, 0.6) is 11.5 Å². The Labute approximate surface area is 187 Å². The van der Waals surface area contributed by atoms with Gasteiger partial charge in [0.15, 0.2) is 18.4 Å². The number of carbonyl (C=O) groups is 2. The maximum absolute atomic E-state index is 13.0. The van der Waals surface area contributed by atoms with Crippen LogP contribution in [-0.4, -0.2) is 63.3 Å². The number of aliphatic hydroxyl groups is 1. The van der Waals surface area contributed by atoms with Crippen molar-refractivity contribution in [3.05, 3.63) is 56.4 Å². The average molecular weight is 464 g/mol. The van der Waals surface area contributed by atoms with Gasteiger partial charge in [0.2, 0.25) is 0 Å². The fourth-order valence-corrected chi connectivity index (χ4v) is 3.66. The number of aliphatic hydroxyl groups excluding tert-OH is 1. The van der Waals surface area contributed by atoms with Crippen molar-refractivity contribution in [2.24, 2.45) is 7.05 Å². The molecule has 1 fully saturated rings. The van der Waals surface area contributed by atoms with E-state index in [2.05, 4.69) is 0 Å². The predicted molar refractivity (Wildman–Crippen MR) is 111 cm³/mol. The number of rotatable bonds is 6. The van der Waals surface area contributed by atoms with Crippen LogP contribution in [0.1, 0.15) is 29.1 Å². The summed E-state index contributed by atoms with van der Waals surface area (Å²) in [5, 5.41) is 19.6. The van der Waals surface area contributed by atoms with Gasteiger partial charge in [0.05, 0.1) is 13.7 Å². The van der Waals surface area contributed by atoms with Crippen LogP contribution in [0.2, 0.25) is 0 Å². The first-order valence-corrected chi connectivity index (χ1v) is 9.89. The molecule has 0 radical (unpaired) electrons. The number of esters is 2. The highest BCUT2D eigenvalue weighted by Crippen LogP contribution is 2.35. The summed E-state index contributed by atoms with van der Waals surface area (Å²) in [6, 6.07) is 3.69. The molecule has 1 saturated heterocycles.